The molecule has 7 heteroatoms. The Morgan fingerprint density at radius 1 is 0.842 bits per heavy atom. The van der Waals surface area contributed by atoms with Gasteiger partial charge in [0.25, 0.3) is 6.72 Å². The zero-order valence-corrected chi connectivity index (χ0v) is 20.4. The molecule has 0 rings (SSSR count). The zero-order valence-electron chi connectivity index (χ0n) is 12.7. The van der Waals surface area contributed by atoms with Crippen molar-refractivity contribution < 1.29 is 53.3 Å². The Bertz CT molecular complexity index is 225. The van der Waals surface area contributed by atoms with E-state index in [0.29, 0.717) is 17.5 Å². The van der Waals surface area contributed by atoms with Crippen molar-refractivity contribution >= 4 is 17.7 Å². The molecule has 0 bridgehead atoms. The van der Waals surface area contributed by atoms with Crippen molar-refractivity contribution in [3.63, 3.8) is 0 Å². The Kier molecular flexibility index (Phi) is 24.4. The van der Waals surface area contributed by atoms with E-state index in [4.69, 9.17) is 4.52 Å². The van der Waals surface area contributed by atoms with Crippen molar-refractivity contribution in [3.05, 3.63) is 0 Å². The third kappa shape index (κ3) is 19.9. The summed E-state index contributed by atoms with van der Waals surface area (Å²) in [4.78, 5) is 19.2. The van der Waals surface area contributed by atoms with Crippen LogP contribution in [0.4, 0.5) is 0 Å². The first-order valence-electron chi connectivity index (χ1n) is 6.80. The topological polar surface area (TPSA) is 49.7 Å². The molecule has 0 aromatic heterocycles. The predicted molar refractivity (Wildman–Crippen MR) is 79.2 cm³/mol. The van der Waals surface area contributed by atoms with Gasteiger partial charge in [-0.1, -0.05) is 52.4 Å². The summed E-state index contributed by atoms with van der Waals surface area (Å²) in [5, 5.41) is 0. The fourth-order valence-electron chi connectivity index (χ4n) is 1.47. The van der Waals surface area contributed by atoms with Crippen LogP contribution in [0, 0.1) is 0 Å². The van der Waals surface area contributed by atoms with Crippen LogP contribution in [0.2, 0.25) is 0 Å². The summed E-state index contributed by atoms with van der Waals surface area (Å²) in [6, 6.07) is 0. The van der Waals surface area contributed by atoms with Crippen LogP contribution in [0.1, 0.15) is 65.2 Å². The molecule has 0 unspecified atom stereocenters. The van der Waals surface area contributed by atoms with Crippen LogP contribution in [-0.2, 0) is 54.4 Å². The number of rotatable bonds is 11. The third-order valence-corrected chi connectivity index (χ3v) is 6.02. The van der Waals surface area contributed by atoms with Gasteiger partial charge < -0.3 is 14.3 Å². The molecule has 0 amide bonds. The van der Waals surface area contributed by atoms with E-state index in [-0.39, 0.29) is 39.0 Å². The van der Waals surface area contributed by atoms with Gasteiger partial charge in [0.1, 0.15) is 0 Å². The fraction of sp³-hybridized carbons (Fsp3) is 1.00. The first-order chi connectivity index (χ1) is 8.12. The van der Waals surface area contributed by atoms with Crippen LogP contribution in [0.3, 0.4) is 0 Å². The summed E-state index contributed by atoms with van der Waals surface area (Å²) in [7, 11) is 0.688. The van der Waals surface area contributed by atoms with Crippen molar-refractivity contribution in [2.45, 2.75) is 65.2 Å². The minimum absolute atomic E-state index is 0. The van der Waals surface area contributed by atoms with Crippen LogP contribution < -0.4 is 0 Å². The second-order valence-electron chi connectivity index (χ2n) is 4.33. The monoisotopic (exact) mass is 412 g/mol. The second kappa shape index (κ2) is 18.0. The van der Waals surface area contributed by atoms with Crippen molar-refractivity contribution in [2.75, 3.05) is 12.4 Å². The van der Waals surface area contributed by atoms with Crippen LogP contribution >= 0.6 is 6.72 Å². The molecule has 0 aromatic carbocycles. The molecule has 0 saturated heterocycles. The third-order valence-electron chi connectivity index (χ3n) is 2.56. The van der Waals surface area contributed by atoms with Crippen LogP contribution in [0.15, 0.2) is 0 Å². The summed E-state index contributed by atoms with van der Waals surface area (Å²) in [5.41, 5.74) is 0. The van der Waals surface area contributed by atoms with Gasteiger partial charge in [-0.2, -0.15) is 0 Å². The maximum Gasteiger partial charge on any atom is 0.276 e. The van der Waals surface area contributed by atoms with E-state index in [0.717, 1.165) is 25.0 Å². The Morgan fingerprint density at radius 2 is 1.37 bits per heavy atom. The Balaban J connectivity index is -0.00000128. The van der Waals surface area contributed by atoms with E-state index in [1.807, 2.05) is 0 Å². The molecule has 0 atom stereocenters. The van der Waals surface area contributed by atoms with Gasteiger partial charge in [-0.3, -0.25) is 0 Å². The van der Waals surface area contributed by atoms with E-state index in [1.165, 1.54) is 32.1 Å². The summed E-state index contributed by atoms with van der Waals surface area (Å²) in [6.07, 6.45) is 9.35. The van der Waals surface area contributed by atoms with Crippen molar-refractivity contribution in [2.24, 2.45) is 0 Å². The average Bonchev–Trinajstić information content (AvgIpc) is 2.28. The minimum atomic E-state index is -3.06. The summed E-state index contributed by atoms with van der Waals surface area (Å²) >= 11 is 0. The molecule has 0 fully saturated rings. The van der Waals surface area contributed by atoms with Gasteiger partial charge in [-0.15, -0.1) is 10.9 Å². The van der Waals surface area contributed by atoms with Crippen molar-refractivity contribution in [3.8, 4) is 0 Å². The average molecular weight is 415 g/mol. The molecule has 2 N–H and O–H groups in total. The van der Waals surface area contributed by atoms with Gasteiger partial charge in [0, 0.05) is 39.0 Å². The van der Waals surface area contributed by atoms with E-state index in [2.05, 4.69) is 13.8 Å². The molecule has 0 aromatic rings. The molecular weight excluding hydrogens is 386 g/mol. The number of thiol groups is 1. The van der Waals surface area contributed by atoms with E-state index < -0.39 is 6.72 Å². The van der Waals surface area contributed by atoms with Crippen molar-refractivity contribution in [1.29, 1.82) is 0 Å². The quantitative estimate of drug-likeness (QED) is 0.209. The summed E-state index contributed by atoms with van der Waals surface area (Å²) in [5.74, 6) is 0.846. The maximum absolute atomic E-state index is 9.61. The van der Waals surface area contributed by atoms with Crippen LogP contribution in [0.25, 0.3) is 0 Å². The first-order valence-corrected chi connectivity index (χ1v) is 10.2. The molecule has 0 aliphatic carbocycles. The predicted octanol–water partition coefficient (Wildman–Crippen LogP) is 3.64. The Hall–Kier alpha value is 1.91. The van der Waals surface area contributed by atoms with Gasteiger partial charge in [-0.25, -0.2) is 0 Å². The van der Waals surface area contributed by atoms with Gasteiger partial charge in [0.05, 0.1) is 6.61 Å². The summed E-state index contributed by atoms with van der Waals surface area (Å²) in [6.45, 7) is 1.68. The van der Waals surface area contributed by atoms with E-state index in [9.17, 15) is 9.79 Å². The standard InChI is InChI=1S/C12H29O3PS.2Zn/c1-3-5-7-8-9-10-12-17-16(13,14)15-11-6-4-2;;/h13-14,17H,3-12H2,1-2H3;;. The number of hydrogen-bond donors (Lipinski definition) is 3. The second-order valence-corrected chi connectivity index (χ2v) is 8.76. The molecule has 0 heterocycles. The van der Waals surface area contributed by atoms with Gasteiger partial charge in [0.2, 0.25) is 0 Å². The molecular formula is C12H29O3PSZn2. The van der Waals surface area contributed by atoms with Gasteiger partial charge >= 0.3 is 0 Å². The van der Waals surface area contributed by atoms with Gasteiger partial charge in [-0.05, 0) is 18.6 Å². The molecule has 0 spiro atoms. The molecule has 110 valence electrons. The molecule has 0 saturated carbocycles. The number of unbranched alkanes of at least 4 members (excludes halogenated alkanes) is 6. The van der Waals surface area contributed by atoms with Crippen LogP contribution in [-0.4, -0.2) is 22.1 Å². The molecule has 0 aliphatic heterocycles. The molecule has 0 aliphatic rings. The largest absolute Gasteiger partial charge is 0.329 e. The molecule has 19 heavy (non-hydrogen) atoms. The SMILES string of the molecule is CCCCCCCC[SH]=P(O)(O)OCCCC.[Zn].[Zn]. The fourth-order valence-corrected chi connectivity index (χ4v) is 4.24. The van der Waals surface area contributed by atoms with E-state index in [1.54, 1.807) is 0 Å². The minimum Gasteiger partial charge on any atom is -0.329 e. The first kappa shape index (κ1) is 25.8. The van der Waals surface area contributed by atoms with Gasteiger partial charge in [0.15, 0.2) is 0 Å². The molecule has 3 nitrogen and oxygen atoms in total. The van der Waals surface area contributed by atoms with E-state index >= 15 is 0 Å². The Morgan fingerprint density at radius 3 is 1.95 bits per heavy atom. The molecule has 0 radical (unpaired) electrons. The maximum atomic E-state index is 9.61. The number of hydrogen-bond acceptors (Lipinski definition) is 1. The summed E-state index contributed by atoms with van der Waals surface area (Å²) < 4.78 is 5.12. The Labute approximate surface area is 148 Å². The zero-order chi connectivity index (χ0) is 13.0. The van der Waals surface area contributed by atoms with Crippen LogP contribution in [0.5, 0.6) is 0 Å². The normalized spacial score (nSPS) is 10.7. The van der Waals surface area contributed by atoms with Crippen molar-refractivity contribution in [1.82, 2.24) is 0 Å². The smallest absolute Gasteiger partial charge is 0.276 e.